The van der Waals surface area contributed by atoms with Gasteiger partial charge in [0.25, 0.3) is 0 Å². The number of ether oxygens (including phenoxy) is 1. The molecular formula is C9H13ClFNO2. The molecule has 1 aromatic rings. The third-order valence-electron chi connectivity index (χ3n) is 1.80. The van der Waals surface area contributed by atoms with Crippen LogP contribution >= 0.6 is 12.4 Å². The molecule has 0 fully saturated rings. The molecule has 0 bridgehead atoms. The maximum absolute atomic E-state index is 13.1. The summed E-state index contributed by atoms with van der Waals surface area (Å²) in [6.45, 7) is -0.236. The molecule has 0 aliphatic heterocycles. The minimum Gasteiger partial charge on any atom is -0.493 e. The number of aliphatic hydroxyl groups is 1. The monoisotopic (exact) mass is 221 g/mol. The quantitative estimate of drug-likeness (QED) is 0.808. The van der Waals surface area contributed by atoms with E-state index in [-0.39, 0.29) is 24.8 Å². The number of rotatable bonds is 3. The Bertz CT molecular complexity index is 296. The van der Waals surface area contributed by atoms with Gasteiger partial charge in [-0.2, -0.15) is 0 Å². The Morgan fingerprint density at radius 1 is 1.57 bits per heavy atom. The lowest BCUT2D eigenvalue weighted by Gasteiger charge is -2.13. The second-order valence-corrected chi connectivity index (χ2v) is 2.65. The van der Waals surface area contributed by atoms with Crippen molar-refractivity contribution in [3.63, 3.8) is 0 Å². The predicted molar refractivity (Wildman–Crippen MR) is 54.2 cm³/mol. The molecule has 5 heteroatoms. The lowest BCUT2D eigenvalue weighted by atomic mass is 10.1. The molecule has 14 heavy (non-hydrogen) atoms. The zero-order valence-corrected chi connectivity index (χ0v) is 8.55. The number of hydrogen-bond donors (Lipinski definition) is 2. The third-order valence-corrected chi connectivity index (χ3v) is 1.80. The molecule has 1 atom stereocenters. The van der Waals surface area contributed by atoms with Gasteiger partial charge in [-0.1, -0.05) is 12.1 Å². The maximum Gasteiger partial charge on any atom is 0.165 e. The molecule has 0 spiro atoms. The van der Waals surface area contributed by atoms with Gasteiger partial charge in [-0.05, 0) is 6.07 Å². The molecular weight excluding hydrogens is 209 g/mol. The van der Waals surface area contributed by atoms with Crippen molar-refractivity contribution < 1.29 is 14.2 Å². The minimum atomic E-state index is -0.606. The Balaban J connectivity index is 0.00000169. The average Bonchev–Trinajstić information content (AvgIpc) is 2.16. The lowest BCUT2D eigenvalue weighted by molar-refractivity contribution is 0.263. The molecule has 0 saturated carbocycles. The highest BCUT2D eigenvalue weighted by atomic mass is 35.5. The van der Waals surface area contributed by atoms with E-state index in [1.165, 1.54) is 19.2 Å². The van der Waals surface area contributed by atoms with E-state index < -0.39 is 11.9 Å². The molecule has 0 saturated heterocycles. The van der Waals surface area contributed by atoms with Crippen LogP contribution in [0.25, 0.3) is 0 Å². The summed E-state index contributed by atoms with van der Waals surface area (Å²) in [7, 11) is 1.37. The third kappa shape index (κ3) is 2.57. The fourth-order valence-corrected chi connectivity index (χ4v) is 1.13. The van der Waals surface area contributed by atoms with Crippen molar-refractivity contribution in [3.05, 3.63) is 29.6 Å². The molecule has 3 N–H and O–H groups in total. The summed E-state index contributed by atoms with van der Waals surface area (Å²) in [5.41, 5.74) is 6.02. The van der Waals surface area contributed by atoms with E-state index in [4.69, 9.17) is 15.6 Å². The van der Waals surface area contributed by atoms with Gasteiger partial charge < -0.3 is 15.6 Å². The fourth-order valence-electron chi connectivity index (χ4n) is 1.13. The van der Waals surface area contributed by atoms with E-state index >= 15 is 0 Å². The van der Waals surface area contributed by atoms with Crippen LogP contribution in [-0.4, -0.2) is 18.8 Å². The van der Waals surface area contributed by atoms with Gasteiger partial charge in [-0.25, -0.2) is 4.39 Å². The van der Waals surface area contributed by atoms with Crippen LogP contribution in [-0.2, 0) is 0 Å². The summed E-state index contributed by atoms with van der Waals surface area (Å²) in [5.74, 6) is -0.368. The summed E-state index contributed by atoms with van der Waals surface area (Å²) in [6, 6.07) is 3.84. The van der Waals surface area contributed by atoms with Gasteiger partial charge in [0, 0.05) is 5.56 Å². The summed E-state index contributed by atoms with van der Waals surface area (Å²) in [5, 5.41) is 8.80. The first kappa shape index (κ1) is 13.2. The highest BCUT2D eigenvalue weighted by molar-refractivity contribution is 5.85. The summed E-state index contributed by atoms with van der Waals surface area (Å²) < 4.78 is 17.9. The first-order valence-electron chi connectivity index (χ1n) is 3.89. The Kier molecular flexibility index (Phi) is 5.45. The lowest BCUT2D eigenvalue weighted by Crippen LogP contribution is -2.15. The number of halogens is 2. The van der Waals surface area contributed by atoms with Gasteiger partial charge in [-0.3, -0.25) is 0 Å². The molecule has 0 heterocycles. The topological polar surface area (TPSA) is 55.5 Å². The van der Waals surface area contributed by atoms with Crippen molar-refractivity contribution in [1.29, 1.82) is 0 Å². The van der Waals surface area contributed by atoms with Crippen LogP contribution in [0.3, 0.4) is 0 Å². The van der Waals surface area contributed by atoms with Crippen molar-refractivity contribution in [1.82, 2.24) is 0 Å². The van der Waals surface area contributed by atoms with Gasteiger partial charge in [0.15, 0.2) is 11.6 Å². The fraction of sp³-hybridized carbons (Fsp3) is 0.333. The molecule has 0 unspecified atom stereocenters. The van der Waals surface area contributed by atoms with Gasteiger partial charge in [0.2, 0.25) is 0 Å². The summed E-state index contributed by atoms with van der Waals surface area (Å²) >= 11 is 0. The molecule has 0 aliphatic carbocycles. The second kappa shape index (κ2) is 5.80. The van der Waals surface area contributed by atoms with Crippen LogP contribution in [0.5, 0.6) is 5.75 Å². The van der Waals surface area contributed by atoms with E-state index in [1.807, 2.05) is 0 Å². The van der Waals surface area contributed by atoms with Crippen LogP contribution in [0.2, 0.25) is 0 Å². The van der Waals surface area contributed by atoms with E-state index in [0.717, 1.165) is 0 Å². The van der Waals surface area contributed by atoms with Crippen LogP contribution < -0.4 is 10.5 Å². The van der Waals surface area contributed by atoms with Crippen molar-refractivity contribution in [2.75, 3.05) is 13.7 Å². The van der Waals surface area contributed by atoms with Crippen LogP contribution in [0.1, 0.15) is 11.6 Å². The SMILES string of the molecule is COc1c(F)cccc1[C@H](N)CO.Cl. The van der Waals surface area contributed by atoms with Gasteiger partial charge >= 0.3 is 0 Å². The second-order valence-electron chi connectivity index (χ2n) is 2.65. The summed E-state index contributed by atoms with van der Waals surface area (Å²) in [4.78, 5) is 0. The number of hydrogen-bond acceptors (Lipinski definition) is 3. The van der Waals surface area contributed by atoms with E-state index in [9.17, 15) is 4.39 Å². The Hall–Kier alpha value is -0.840. The van der Waals surface area contributed by atoms with Gasteiger partial charge in [0.1, 0.15) is 0 Å². The average molecular weight is 222 g/mol. The largest absolute Gasteiger partial charge is 0.493 e. The van der Waals surface area contributed by atoms with E-state index in [0.29, 0.717) is 5.56 Å². The predicted octanol–water partition coefficient (Wildman–Crippen LogP) is 1.25. The Morgan fingerprint density at radius 2 is 2.21 bits per heavy atom. The van der Waals surface area contributed by atoms with Crippen molar-refractivity contribution >= 4 is 12.4 Å². The first-order valence-corrected chi connectivity index (χ1v) is 3.89. The first-order chi connectivity index (χ1) is 6.20. The summed E-state index contributed by atoms with van der Waals surface area (Å²) in [6.07, 6.45) is 0. The van der Waals surface area contributed by atoms with E-state index in [2.05, 4.69) is 0 Å². The Labute approximate surface area is 88.1 Å². The van der Waals surface area contributed by atoms with Crippen LogP contribution in [0.4, 0.5) is 4.39 Å². The molecule has 0 amide bonds. The molecule has 1 rings (SSSR count). The number of aliphatic hydroxyl groups excluding tert-OH is 1. The van der Waals surface area contributed by atoms with Gasteiger partial charge in [0.05, 0.1) is 19.8 Å². The highest BCUT2D eigenvalue weighted by Crippen LogP contribution is 2.26. The van der Waals surface area contributed by atoms with Crippen LogP contribution in [0.15, 0.2) is 18.2 Å². The Morgan fingerprint density at radius 3 is 2.71 bits per heavy atom. The smallest absolute Gasteiger partial charge is 0.165 e. The highest BCUT2D eigenvalue weighted by Gasteiger charge is 2.13. The number of methoxy groups -OCH3 is 1. The van der Waals surface area contributed by atoms with Crippen molar-refractivity contribution in [2.24, 2.45) is 5.73 Å². The number of para-hydroxylation sites is 1. The van der Waals surface area contributed by atoms with Crippen molar-refractivity contribution in [3.8, 4) is 5.75 Å². The molecule has 80 valence electrons. The van der Waals surface area contributed by atoms with Gasteiger partial charge in [-0.15, -0.1) is 12.4 Å². The molecule has 0 radical (unpaired) electrons. The molecule has 1 aromatic carbocycles. The van der Waals surface area contributed by atoms with Crippen molar-refractivity contribution in [2.45, 2.75) is 6.04 Å². The molecule has 3 nitrogen and oxygen atoms in total. The normalized spacial score (nSPS) is 11.7. The standard InChI is InChI=1S/C9H12FNO2.ClH/c1-13-9-6(8(11)5-12)3-2-4-7(9)10;/h2-4,8,12H,5,11H2,1H3;1H/t8-;/m1./s1. The van der Waals surface area contributed by atoms with Crippen LogP contribution in [0, 0.1) is 5.82 Å². The maximum atomic E-state index is 13.1. The zero-order chi connectivity index (χ0) is 9.84. The minimum absolute atomic E-state index is 0. The zero-order valence-electron chi connectivity index (χ0n) is 7.74. The molecule has 0 aromatic heterocycles. The van der Waals surface area contributed by atoms with E-state index in [1.54, 1.807) is 6.07 Å². The number of nitrogens with two attached hydrogens (primary N) is 1. The number of benzene rings is 1. The molecule has 0 aliphatic rings.